The first-order chi connectivity index (χ1) is 13.5. The third kappa shape index (κ3) is 4.35. The monoisotopic (exact) mass is 380 g/mol. The van der Waals surface area contributed by atoms with E-state index in [1.165, 1.54) is 7.11 Å². The standard InChI is InChI=1S/C23H26NO4/c1-3-4-17-18-11-12-24-20(18)9-8-19(17)22(27)14-16(25)7-5-15-6-10-21(26)23(13-15)28-2/h6,8-13,17,19,26H,3-5,7,14H2,1-2H3/q-1/t17-,19-/m1/s1. The molecule has 3 rings (SSSR count). The van der Waals surface area contributed by atoms with E-state index in [0.29, 0.717) is 12.2 Å². The van der Waals surface area contributed by atoms with E-state index in [9.17, 15) is 14.7 Å². The summed E-state index contributed by atoms with van der Waals surface area (Å²) in [5.41, 5.74) is 2.95. The summed E-state index contributed by atoms with van der Waals surface area (Å²) in [5, 5.41) is 9.65. The Hall–Kier alpha value is -2.82. The van der Waals surface area contributed by atoms with Crippen molar-refractivity contribution in [1.82, 2.24) is 4.98 Å². The maximum absolute atomic E-state index is 12.8. The molecule has 1 aromatic heterocycles. The van der Waals surface area contributed by atoms with Crippen LogP contribution in [0.5, 0.6) is 11.5 Å². The first-order valence-electron chi connectivity index (χ1n) is 9.73. The predicted octanol–water partition coefficient (Wildman–Crippen LogP) is 4.05. The van der Waals surface area contributed by atoms with Crippen molar-refractivity contribution in [2.24, 2.45) is 5.92 Å². The third-order valence-electron chi connectivity index (χ3n) is 5.34. The minimum atomic E-state index is -0.255. The maximum Gasteiger partial charge on any atom is 0.160 e. The summed E-state index contributed by atoms with van der Waals surface area (Å²) in [4.78, 5) is 29.6. The SMILES string of the molecule is CCC[C@@H]1c2cc[n-]c2C=C[C@H]1C(=O)CC(=O)CCc1ccc(O)c(OC)c1. The molecule has 28 heavy (non-hydrogen) atoms. The van der Waals surface area contributed by atoms with E-state index in [-0.39, 0.29) is 42.0 Å². The van der Waals surface area contributed by atoms with Gasteiger partial charge in [-0.15, -0.1) is 5.69 Å². The van der Waals surface area contributed by atoms with Crippen LogP contribution < -0.4 is 9.72 Å². The number of methoxy groups -OCH3 is 1. The number of Topliss-reactive ketones (excluding diaryl/α,β-unsaturated/α-hetero) is 2. The van der Waals surface area contributed by atoms with Crippen molar-refractivity contribution in [3.05, 3.63) is 53.4 Å². The van der Waals surface area contributed by atoms with E-state index in [2.05, 4.69) is 11.9 Å². The number of nitrogens with zero attached hydrogens (tertiary/aromatic N) is 1. The Balaban J connectivity index is 1.60. The summed E-state index contributed by atoms with van der Waals surface area (Å²) >= 11 is 0. The van der Waals surface area contributed by atoms with Crippen LogP contribution in [0.4, 0.5) is 0 Å². The van der Waals surface area contributed by atoms with Gasteiger partial charge in [0, 0.05) is 12.3 Å². The van der Waals surface area contributed by atoms with Gasteiger partial charge in [-0.2, -0.15) is 6.20 Å². The third-order valence-corrected chi connectivity index (χ3v) is 5.34. The molecule has 2 aromatic rings. The van der Waals surface area contributed by atoms with Crippen molar-refractivity contribution in [2.45, 2.75) is 44.9 Å². The number of carbonyl (C=O) groups excluding carboxylic acids is 2. The molecule has 1 aliphatic carbocycles. The van der Waals surface area contributed by atoms with Crippen molar-refractivity contribution in [3.8, 4) is 11.5 Å². The topological polar surface area (TPSA) is 77.7 Å². The van der Waals surface area contributed by atoms with Gasteiger partial charge in [0.1, 0.15) is 11.6 Å². The number of benzene rings is 1. The number of ether oxygens (including phenoxy) is 1. The highest BCUT2D eigenvalue weighted by Gasteiger charge is 2.30. The van der Waals surface area contributed by atoms with E-state index in [1.807, 2.05) is 18.2 Å². The Morgan fingerprint density at radius 2 is 2.07 bits per heavy atom. The number of aryl methyl sites for hydroxylation is 1. The highest BCUT2D eigenvalue weighted by molar-refractivity contribution is 6.01. The molecule has 1 heterocycles. The number of rotatable bonds is 9. The van der Waals surface area contributed by atoms with Crippen LogP contribution in [0, 0.1) is 5.92 Å². The Kier molecular flexibility index (Phi) is 6.34. The van der Waals surface area contributed by atoms with Crippen LogP contribution in [0.25, 0.3) is 6.08 Å². The molecule has 1 N–H and O–H groups in total. The second-order valence-electron chi connectivity index (χ2n) is 7.25. The Morgan fingerprint density at radius 3 is 2.82 bits per heavy atom. The van der Waals surface area contributed by atoms with E-state index < -0.39 is 0 Å². The number of aromatic hydroxyl groups is 1. The summed E-state index contributed by atoms with van der Waals surface area (Å²) in [6.07, 6.45) is 8.23. The quantitative estimate of drug-likeness (QED) is 0.664. The van der Waals surface area contributed by atoms with E-state index in [0.717, 1.165) is 29.7 Å². The lowest BCUT2D eigenvalue weighted by molar-refractivity contribution is -0.128. The molecule has 0 radical (unpaired) electrons. The van der Waals surface area contributed by atoms with Gasteiger partial charge in [-0.3, -0.25) is 9.59 Å². The summed E-state index contributed by atoms with van der Waals surface area (Å²) < 4.78 is 5.09. The van der Waals surface area contributed by atoms with Gasteiger partial charge in [-0.05, 0) is 36.5 Å². The lowest BCUT2D eigenvalue weighted by Gasteiger charge is -2.29. The highest BCUT2D eigenvalue weighted by atomic mass is 16.5. The molecule has 0 fully saturated rings. The molecule has 1 aliphatic rings. The van der Waals surface area contributed by atoms with E-state index >= 15 is 0 Å². The van der Waals surface area contributed by atoms with Crippen LogP contribution >= 0.6 is 0 Å². The highest BCUT2D eigenvalue weighted by Crippen LogP contribution is 2.37. The Morgan fingerprint density at radius 1 is 1.25 bits per heavy atom. The Bertz CT molecular complexity index is 880. The van der Waals surface area contributed by atoms with Crippen molar-refractivity contribution >= 4 is 17.6 Å². The van der Waals surface area contributed by atoms with Gasteiger partial charge < -0.3 is 14.8 Å². The smallest absolute Gasteiger partial charge is 0.160 e. The number of fused-ring (bicyclic) bond motifs is 1. The molecule has 0 spiro atoms. The summed E-state index contributed by atoms with van der Waals surface area (Å²) in [6, 6.07) is 7.02. The normalized spacial score (nSPS) is 17.9. The van der Waals surface area contributed by atoms with Crippen molar-refractivity contribution in [3.63, 3.8) is 0 Å². The van der Waals surface area contributed by atoms with Crippen LogP contribution in [-0.4, -0.2) is 23.8 Å². The molecule has 5 heteroatoms. The molecule has 2 atom stereocenters. The zero-order valence-corrected chi connectivity index (χ0v) is 16.4. The molecule has 0 amide bonds. The molecule has 148 valence electrons. The molecule has 0 unspecified atom stereocenters. The van der Waals surface area contributed by atoms with Gasteiger partial charge in [0.15, 0.2) is 11.5 Å². The fourth-order valence-corrected chi connectivity index (χ4v) is 3.87. The molecule has 0 bridgehead atoms. The lowest BCUT2D eigenvalue weighted by Crippen LogP contribution is -2.25. The Labute approximate surface area is 165 Å². The van der Waals surface area contributed by atoms with E-state index in [4.69, 9.17) is 4.74 Å². The second-order valence-corrected chi connectivity index (χ2v) is 7.25. The maximum atomic E-state index is 12.8. The number of allylic oxidation sites excluding steroid dienone is 1. The van der Waals surface area contributed by atoms with Gasteiger partial charge in [-0.1, -0.05) is 43.2 Å². The molecule has 5 nitrogen and oxygen atoms in total. The summed E-state index contributed by atoms with van der Waals surface area (Å²) in [6.45, 7) is 2.10. The van der Waals surface area contributed by atoms with Crippen molar-refractivity contribution < 1.29 is 19.4 Å². The number of carbonyl (C=O) groups is 2. The van der Waals surface area contributed by atoms with Crippen molar-refractivity contribution in [1.29, 1.82) is 0 Å². The van der Waals surface area contributed by atoms with Gasteiger partial charge in [0.2, 0.25) is 0 Å². The first-order valence-corrected chi connectivity index (χ1v) is 9.73. The molecular formula is C23H26NO4-. The van der Waals surface area contributed by atoms with E-state index in [1.54, 1.807) is 24.4 Å². The number of ketones is 2. The minimum absolute atomic E-state index is 0.0187. The van der Waals surface area contributed by atoms with Crippen LogP contribution in [-0.2, 0) is 16.0 Å². The minimum Gasteiger partial charge on any atom is -0.664 e. The van der Waals surface area contributed by atoms with Gasteiger partial charge >= 0.3 is 0 Å². The number of hydrogen-bond acceptors (Lipinski definition) is 4. The molecule has 0 aliphatic heterocycles. The van der Waals surface area contributed by atoms with Gasteiger partial charge in [0.05, 0.1) is 13.5 Å². The zero-order valence-electron chi connectivity index (χ0n) is 16.4. The summed E-state index contributed by atoms with van der Waals surface area (Å²) in [7, 11) is 1.49. The van der Waals surface area contributed by atoms with Crippen LogP contribution in [0.15, 0.2) is 36.5 Å². The van der Waals surface area contributed by atoms with Gasteiger partial charge in [0.25, 0.3) is 0 Å². The number of aromatic nitrogens is 1. The molecule has 0 saturated carbocycles. The average Bonchev–Trinajstić information content (AvgIpc) is 3.17. The second kappa shape index (κ2) is 8.91. The zero-order chi connectivity index (χ0) is 20.1. The fraction of sp³-hybridized carbons (Fsp3) is 0.391. The predicted molar refractivity (Wildman–Crippen MR) is 108 cm³/mol. The number of phenolic OH excluding ortho intramolecular Hbond substituents is 1. The van der Waals surface area contributed by atoms with Crippen LogP contribution in [0.2, 0.25) is 0 Å². The van der Waals surface area contributed by atoms with Gasteiger partial charge in [-0.25, -0.2) is 0 Å². The first kappa shape index (κ1) is 19.9. The van der Waals surface area contributed by atoms with Crippen LogP contribution in [0.1, 0.15) is 55.3 Å². The number of hydrogen-bond donors (Lipinski definition) is 1. The van der Waals surface area contributed by atoms with Crippen LogP contribution in [0.3, 0.4) is 0 Å². The molecular weight excluding hydrogens is 354 g/mol. The molecule has 1 aromatic carbocycles. The summed E-state index contributed by atoms with van der Waals surface area (Å²) in [5.74, 6) is 0.223. The average molecular weight is 380 g/mol. The lowest BCUT2D eigenvalue weighted by atomic mass is 9.76. The largest absolute Gasteiger partial charge is 0.664 e. The fourth-order valence-electron chi connectivity index (χ4n) is 3.87. The van der Waals surface area contributed by atoms with Crippen molar-refractivity contribution in [2.75, 3.05) is 7.11 Å². The molecule has 0 saturated heterocycles. The number of phenols is 1.